The minimum absolute atomic E-state index is 0.0229. The van der Waals surface area contributed by atoms with E-state index in [1.165, 1.54) is 25.7 Å². The minimum Gasteiger partial charge on any atom is -0.356 e. The molecular weight excluding hydrogens is 326 g/mol. The summed E-state index contributed by atoms with van der Waals surface area (Å²) in [5.74, 6) is 1.98. The van der Waals surface area contributed by atoms with Crippen molar-refractivity contribution in [3.8, 4) is 0 Å². The van der Waals surface area contributed by atoms with Gasteiger partial charge in [0.05, 0.1) is 0 Å². The molecule has 0 bridgehead atoms. The Balaban J connectivity index is 2.19. The van der Waals surface area contributed by atoms with Crippen LogP contribution in [0.1, 0.15) is 66.1 Å². The van der Waals surface area contributed by atoms with Crippen LogP contribution in [0.25, 0.3) is 0 Å². The Hall–Kier alpha value is -0.640. The van der Waals surface area contributed by atoms with Gasteiger partial charge >= 0.3 is 0 Å². The smallest absolute Gasteiger partial charge is 0.137 e. The van der Waals surface area contributed by atoms with Crippen molar-refractivity contribution in [2.45, 2.75) is 65.7 Å². The lowest BCUT2D eigenvalue weighted by atomic mass is 9.74. The van der Waals surface area contributed by atoms with Crippen LogP contribution in [0.3, 0.4) is 0 Å². The second kappa shape index (κ2) is 6.23. The van der Waals surface area contributed by atoms with Gasteiger partial charge in [0.15, 0.2) is 0 Å². The average molecular weight is 354 g/mol. The number of hydrogen-bond donors (Lipinski definition) is 0. The first-order chi connectivity index (χ1) is 9.79. The standard InChI is InChI=1S/C17H28BrN3/c1-6-17(7-2)8-10-21(11-9-17)14-12-13(18)19-15(20-14)16(3,4)5/h12H,6-11H2,1-5H3. The van der Waals surface area contributed by atoms with E-state index in [1.807, 2.05) is 0 Å². The van der Waals surface area contributed by atoms with Crippen LogP contribution in [-0.4, -0.2) is 23.1 Å². The molecule has 1 aromatic rings. The normalized spacial score (nSPS) is 18.9. The van der Waals surface area contributed by atoms with Gasteiger partial charge in [-0.15, -0.1) is 0 Å². The number of nitrogens with zero attached hydrogens (tertiary/aromatic N) is 3. The third-order valence-electron chi connectivity index (χ3n) is 5.00. The van der Waals surface area contributed by atoms with E-state index in [2.05, 4.69) is 66.5 Å². The van der Waals surface area contributed by atoms with E-state index in [1.54, 1.807) is 0 Å². The zero-order valence-electron chi connectivity index (χ0n) is 14.0. The van der Waals surface area contributed by atoms with Crippen molar-refractivity contribution in [1.82, 2.24) is 9.97 Å². The van der Waals surface area contributed by atoms with Gasteiger partial charge in [0.2, 0.25) is 0 Å². The summed E-state index contributed by atoms with van der Waals surface area (Å²) in [7, 11) is 0. The zero-order chi connectivity index (χ0) is 15.7. The molecule has 1 aliphatic heterocycles. The molecule has 1 aliphatic rings. The van der Waals surface area contributed by atoms with Crippen molar-refractivity contribution in [3.63, 3.8) is 0 Å². The van der Waals surface area contributed by atoms with Gasteiger partial charge in [0, 0.05) is 24.6 Å². The van der Waals surface area contributed by atoms with Crippen molar-refractivity contribution in [2.24, 2.45) is 5.41 Å². The maximum absolute atomic E-state index is 4.81. The zero-order valence-corrected chi connectivity index (χ0v) is 15.6. The van der Waals surface area contributed by atoms with Gasteiger partial charge in [-0.2, -0.15) is 0 Å². The molecule has 0 aliphatic carbocycles. The maximum atomic E-state index is 4.81. The molecule has 0 spiro atoms. The molecule has 1 saturated heterocycles. The highest BCUT2D eigenvalue weighted by atomic mass is 79.9. The predicted octanol–water partition coefficient (Wildman–Crippen LogP) is 4.94. The third-order valence-corrected chi connectivity index (χ3v) is 5.41. The Morgan fingerprint density at radius 3 is 2.19 bits per heavy atom. The topological polar surface area (TPSA) is 29.0 Å². The summed E-state index contributed by atoms with van der Waals surface area (Å²) in [4.78, 5) is 11.8. The predicted molar refractivity (Wildman–Crippen MR) is 92.9 cm³/mol. The minimum atomic E-state index is -0.0229. The van der Waals surface area contributed by atoms with Gasteiger partial charge in [0.1, 0.15) is 16.2 Å². The first-order valence-electron chi connectivity index (χ1n) is 8.10. The van der Waals surface area contributed by atoms with Gasteiger partial charge < -0.3 is 4.90 Å². The van der Waals surface area contributed by atoms with Crippen LogP contribution < -0.4 is 4.90 Å². The number of piperidine rings is 1. The number of aromatic nitrogens is 2. The van der Waals surface area contributed by atoms with Crippen molar-refractivity contribution in [2.75, 3.05) is 18.0 Å². The molecule has 3 nitrogen and oxygen atoms in total. The molecule has 0 unspecified atom stereocenters. The molecule has 0 radical (unpaired) electrons. The number of halogens is 1. The van der Waals surface area contributed by atoms with Crippen LogP contribution in [-0.2, 0) is 5.41 Å². The van der Waals surface area contributed by atoms with Crippen LogP contribution >= 0.6 is 15.9 Å². The van der Waals surface area contributed by atoms with E-state index in [-0.39, 0.29) is 5.41 Å². The highest BCUT2D eigenvalue weighted by Gasteiger charge is 2.32. The lowest BCUT2D eigenvalue weighted by molar-refractivity contribution is 0.199. The van der Waals surface area contributed by atoms with Crippen LogP contribution in [0.15, 0.2) is 10.7 Å². The number of rotatable bonds is 3. The fourth-order valence-corrected chi connectivity index (χ4v) is 3.44. The first kappa shape index (κ1) is 16.7. The average Bonchev–Trinajstić information content (AvgIpc) is 2.46. The van der Waals surface area contributed by atoms with Gasteiger partial charge in [-0.3, -0.25) is 0 Å². The molecule has 4 heteroatoms. The molecular formula is C17H28BrN3. The highest BCUT2D eigenvalue weighted by Crippen LogP contribution is 2.39. The highest BCUT2D eigenvalue weighted by molar-refractivity contribution is 9.10. The Morgan fingerprint density at radius 2 is 1.71 bits per heavy atom. The SMILES string of the molecule is CCC1(CC)CCN(c2cc(Br)nc(C(C)(C)C)n2)CC1. The second-order valence-corrected chi connectivity index (χ2v) is 8.13. The first-order valence-corrected chi connectivity index (χ1v) is 8.89. The van der Waals surface area contributed by atoms with Gasteiger partial charge in [-0.05, 0) is 34.2 Å². The largest absolute Gasteiger partial charge is 0.356 e. The van der Waals surface area contributed by atoms with Crippen LogP contribution in [0.2, 0.25) is 0 Å². The van der Waals surface area contributed by atoms with Crippen LogP contribution in [0.4, 0.5) is 5.82 Å². The second-order valence-electron chi connectivity index (χ2n) is 7.32. The Kier molecular flexibility index (Phi) is 4.96. The van der Waals surface area contributed by atoms with E-state index >= 15 is 0 Å². The summed E-state index contributed by atoms with van der Waals surface area (Å²) < 4.78 is 0.889. The molecule has 1 fully saturated rings. The third kappa shape index (κ3) is 3.77. The van der Waals surface area contributed by atoms with Crippen LogP contribution in [0, 0.1) is 5.41 Å². The lowest BCUT2D eigenvalue weighted by Crippen LogP contribution is -2.40. The van der Waals surface area contributed by atoms with Crippen molar-refractivity contribution < 1.29 is 0 Å². The summed E-state index contributed by atoms with van der Waals surface area (Å²) in [6, 6.07) is 2.06. The Morgan fingerprint density at radius 1 is 1.14 bits per heavy atom. The van der Waals surface area contributed by atoms with E-state index in [9.17, 15) is 0 Å². The molecule has 0 aromatic carbocycles. The summed E-state index contributed by atoms with van der Waals surface area (Å²) in [5.41, 5.74) is 0.526. The summed E-state index contributed by atoms with van der Waals surface area (Å²) in [5, 5.41) is 0. The van der Waals surface area contributed by atoms with Crippen molar-refractivity contribution in [1.29, 1.82) is 0 Å². The fourth-order valence-electron chi connectivity index (χ4n) is 3.07. The van der Waals surface area contributed by atoms with Gasteiger partial charge in [-0.25, -0.2) is 9.97 Å². The fraction of sp³-hybridized carbons (Fsp3) is 0.765. The molecule has 1 aromatic heterocycles. The van der Waals surface area contributed by atoms with Gasteiger partial charge in [0.25, 0.3) is 0 Å². The molecule has 0 N–H and O–H groups in total. The number of hydrogen-bond acceptors (Lipinski definition) is 3. The molecule has 2 heterocycles. The van der Waals surface area contributed by atoms with E-state index in [4.69, 9.17) is 4.98 Å². The van der Waals surface area contributed by atoms with Crippen LogP contribution in [0.5, 0.6) is 0 Å². The maximum Gasteiger partial charge on any atom is 0.137 e. The summed E-state index contributed by atoms with van der Waals surface area (Å²) in [6.45, 7) is 13.4. The Bertz CT molecular complexity index is 479. The quantitative estimate of drug-likeness (QED) is 0.720. The molecule has 0 amide bonds. The molecule has 0 atom stereocenters. The van der Waals surface area contributed by atoms with Crippen molar-refractivity contribution in [3.05, 3.63) is 16.5 Å². The molecule has 118 valence electrons. The number of anilines is 1. The Labute approximate surface area is 137 Å². The monoisotopic (exact) mass is 353 g/mol. The molecule has 21 heavy (non-hydrogen) atoms. The van der Waals surface area contributed by atoms with Crippen molar-refractivity contribution >= 4 is 21.7 Å². The summed E-state index contributed by atoms with van der Waals surface area (Å²) in [6.07, 6.45) is 5.12. The van der Waals surface area contributed by atoms with E-state index in [0.717, 1.165) is 29.3 Å². The molecule has 2 rings (SSSR count). The summed E-state index contributed by atoms with van der Waals surface area (Å²) >= 11 is 3.54. The van der Waals surface area contributed by atoms with E-state index in [0.29, 0.717) is 5.41 Å². The van der Waals surface area contributed by atoms with E-state index < -0.39 is 0 Å². The lowest BCUT2D eigenvalue weighted by Gasteiger charge is -2.41. The molecule has 0 saturated carbocycles. The van der Waals surface area contributed by atoms with Gasteiger partial charge in [-0.1, -0.05) is 47.5 Å².